The average molecular weight is 540 g/mol. The first-order valence-electron chi connectivity index (χ1n) is 11.2. The zero-order chi connectivity index (χ0) is 28.1. The monoisotopic (exact) mass is 540 g/mol. The molecule has 0 aromatic heterocycles. The molecule has 1 amide bonds. The van der Waals surface area contributed by atoms with Gasteiger partial charge in [0, 0.05) is 16.9 Å². The number of amides is 1. The van der Waals surface area contributed by atoms with Gasteiger partial charge in [0.15, 0.2) is 0 Å². The number of hydrogen-bond acceptors (Lipinski definition) is 4. The summed E-state index contributed by atoms with van der Waals surface area (Å²) in [5.74, 6) is -2.14. The fourth-order valence-corrected chi connectivity index (χ4v) is 4.11. The van der Waals surface area contributed by atoms with Crippen LogP contribution >= 0.6 is 0 Å². The molecule has 0 radical (unpaired) electrons. The van der Waals surface area contributed by atoms with E-state index in [2.05, 4.69) is 0 Å². The summed E-state index contributed by atoms with van der Waals surface area (Å²) in [6.45, 7) is -0.681. The minimum Gasteiger partial charge on any atom is -0.496 e. The maximum atomic E-state index is 13.8. The molecular formula is C26H22F6N2O4. The number of benzene rings is 3. The molecule has 2 atom stereocenters. The van der Waals surface area contributed by atoms with E-state index in [0.29, 0.717) is 4.90 Å². The first-order valence-corrected chi connectivity index (χ1v) is 11.2. The number of carbonyl (C=O) groups is 1. The van der Waals surface area contributed by atoms with E-state index in [-0.39, 0.29) is 22.4 Å². The van der Waals surface area contributed by atoms with Crippen molar-refractivity contribution in [3.05, 3.63) is 111 Å². The molecule has 0 spiro atoms. The second-order valence-corrected chi connectivity index (χ2v) is 8.35. The molecule has 0 saturated carbocycles. The lowest BCUT2D eigenvalue weighted by Gasteiger charge is -2.34. The fourth-order valence-electron chi connectivity index (χ4n) is 4.11. The van der Waals surface area contributed by atoms with Crippen LogP contribution in [0.1, 0.15) is 28.3 Å². The molecule has 0 heterocycles. The SMILES string of the molecule is COc1ccccc1CN(C(=O)C(F)(F)F)[C@@H](c1ccccc1)[C@@H](Cc1ccc(C(F)(F)F)cc1)[N+](=O)[O-]. The molecule has 6 nitrogen and oxygen atoms in total. The van der Waals surface area contributed by atoms with Gasteiger partial charge in [-0.05, 0) is 29.3 Å². The zero-order valence-corrected chi connectivity index (χ0v) is 19.9. The van der Waals surface area contributed by atoms with E-state index in [0.717, 1.165) is 24.3 Å². The van der Waals surface area contributed by atoms with Crippen LogP contribution in [-0.2, 0) is 23.9 Å². The van der Waals surface area contributed by atoms with Crippen molar-refractivity contribution in [1.29, 1.82) is 0 Å². The van der Waals surface area contributed by atoms with Gasteiger partial charge in [0.05, 0.1) is 19.2 Å². The molecule has 202 valence electrons. The number of para-hydroxylation sites is 1. The molecule has 0 fully saturated rings. The molecule has 0 aliphatic carbocycles. The summed E-state index contributed by atoms with van der Waals surface area (Å²) in [6.07, 6.45) is -10.6. The van der Waals surface area contributed by atoms with Gasteiger partial charge in [-0.2, -0.15) is 26.3 Å². The number of methoxy groups -OCH3 is 1. The molecule has 0 N–H and O–H groups in total. The van der Waals surface area contributed by atoms with Gasteiger partial charge in [0.2, 0.25) is 6.04 Å². The van der Waals surface area contributed by atoms with Crippen LogP contribution in [0.4, 0.5) is 26.3 Å². The summed E-state index contributed by atoms with van der Waals surface area (Å²) >= 11 is 0. The normalized spacial score (nSPS) is 13.4. The summed E-state index contributed by atoms with van der Waals surface area (Å²) in [4.78, 5) is 24.5. The number of nitro groups is 1. The summed E-state index contributed by atoms with van der Waals surface area (Å²) in [7, 11) is 1.29. The second kappa shape index (κ2) is 11.5. The van der Waals surface area contributed by atoms with Gasteiger partial charge in [-0.1, -0.05) is 60.7 Å². The number of carbonyl (C=O) groups excluding carboxylic acids is 1. The van der Waals surface area contributed by atoms with Gasteiger partial charge in [-0.25, -0.2) is 0 Å². The Bertz CT molecular complexity index is 1250. The van der Waals surface area contributed by atoms with Crippen molar-refractivity contribution in [2.75, 3.05) is 7.11 Å². The summed E-state index contributed by atoms with van der Waals surface area (Å²) in [5.41, 5.74) is -0.681. The summed E-state index contributed by atoms with van der Waals surface area (Å²) in [5, 5.41) is 12.3. The third kappa shape index (κ3) is 6.81. The highest BCUT2D eigenvalue weighted by atomic mass is 19.4. The van der Waals surface area contributed by atoms with Gasteiger partial charge in [0.1, 0.15) is 11.8 Å². The number of nitrogens with zero attached hydrogens (tertiary/aromatic N) is 2. The first-order chi connectivity index (χ1) is 17.8. The number of hydrogen-bond donors (Lipinski definition) is 0. The lowest BCUT2D eigenvalue weighted by molar-refractivity contribution is -0.531. The number of ether oxygens (including phenoxy) is 1. The minimum atomic E-state index is -5.37. The Morgan fingerprint density at radius 1 is 0.921 bits per heavy atom. The molecule has 0 aliphatic heterocycles. The van der Waals surface area contributed by atoms with Crippen molar-refractivity contribution in [1.82, 2.24) is 4.90 Å². The highest BCUT2D eigenvalue weighted by molar-refractivity contribution is 5.82. The smallest absolute Gasteiger partial charge is 0.471 e. The highest BCUT2D eigenvalue weighted by Gasteiger charge is 2.49. The van der Waals surface area contributed by atoms with Crippen molar-refractivity contribution in [3.8, 4) is 5.75 Å². The molecule has 0 unspecified atom stereocenters. The number of halogens is 6. The molecule has 12 heteroatoms. The Kier molecular flexibility index (Phi) is 8.64. The van der Waals surface area contributed by atoms with Gasteiger partial charge < -0.3 is 9.64 Å². The Morgan fingerprint density at radius 3 is 2.03 bits per heavy atom. The molecule has 38 heavy (non-hydrogen) atoms. The zero-order valence-electron chi connectivity index (χ0n) is 19.9. The van der Waals surface area contributed by atoms with Crippen LogP contribution in [0.5, 0.6) is 5.75 Å². The van der Waals surface area contributed by atoms with E-state index in [9.17, 15) is 41.3 Å². The van der Waals surface area contributed by atoms with Gasteiger partial charge in [-0.3, -0.25) is 14.9 Å². The Balaban J connectivity index is 2.14. The van der Waals surface area contributed by atoms with Crippen molar-refractivity contribution >= 4 is 5.91 Å². The van der Waals surface area contributed by atoms with Crippen LogP contribution in [-0.4, -0.2) is 35.1 Å². The van der Waals surface area contributed by atoms with Crippen molar-refractivity contribution < 1.29 is 40.8 Å². The standard InChI is InChI=1S/C26H22F6N2O4/c1-38-22-10-6-5-9-19(22)16-33(24(35)26(30,31)32)23(18-7-3-2-4-8-18)21(34(36)37)15-17-11-13-20(14-12-17)25(27,28)29/h2-14,21,23H,15-16H2,1H3/t21-,23+/m1/s1. The van der Waals surface area contributed by atoms with E-state index in [1.165, 1.54) is 49.6 Å². The topological polar surface area (TPSA) is 72.7 Å². The van der Waals surface area contributed by atoms with E-state index < -0.39 is 53.8 Å². The van der Waals surface area contributed by atoms with Crippen LogP contribution in [0, 0.1) is 10.1 Å². The van der Waals surface area contributed by atoms with E-state index in [4.69, 9.17) is 4.74 Å². The van der Waals surface area contributed by atoms with E-state index in [1.54, 1.807) is 12.1 Å². The Labute approximate surface area is 213 Å². The molecule has 0 bridgehead atoms. The third-order valence-corrected chi connectivity index (χ3v) is 5.87. The van der Waals surface area contributed by atoms with Crippen LogP contribution in [0.3, 0.4) is 0 Å². The number of rotatable bonds is 9. The van der Waals surface area contributed by atoms with Crippen LogP contribution in [0.15, 0.2) is 78.9 Å². The van der Waals surface area contributed by atoms with Crippen molar-refractivity contribution in [3.63, 3.8) is 0 Å². The molecule has 0 aliphatic rings. The first kappa shape index (κ1) is 28.5. The third-order valence-electron chi connectivity index (χ3n) is 5.87. The number of alkyl halides is 6. The molecule has 3 rings (SSSR count). The van der Waals surface area contributed by atoms with Crippen LogP contribution in [0.2, 0.25) is 0 Å². The lowest BCUT2D eigenvalue weighted by Crippen LogP contribution is -2.49. The minimum absolute atomic E-state index is 0.0496. The Hall–Kier alpha value is -4.09. The molecular weight excluding hydrogens is 518 g/mol. The second-order valence-electron chi connectivity index (χ2n) is 8.35. The summed E-state index contributed by atoms with van der Waals surface area (Å²) < 4.78 is 85.5. The highest BCUT2D eigenvalue weighted by Crippen LogP contribution is 2.36. The predicted octanol–water partition coefficient (Wildman–Crippen LogP) is 6.23. The predicted molar refractivity (Wildman–Crippen MR) is 125 cm³/mol. The largest absolute Gasteiger partial charge is 0.496 e. The average Bonchev–Trinajstić information content (AvgIpc) is 2.87. The fraction of sp³-hybridized carbons (Fsp3) is 0.269. The van der Waals surface area contributed by atoms with Gasteiger partial charge in [0.25, 0.3) is 0 Å². The maximum absolute atomic E-state index is 13.8. The molecule has 3 aromatic rings. The van der Waals surface area contributed by atoms with Crippen LogP contribution < -0.4 is 4.74 Å². The van der Waals surface area contributed by atoms with Crippen LogP contribution in [0.25, 0.3) is 0 Å². The van der Waals surface area contributed by atoms with E-state index in [1.807, 2.05) is 0 Å². The quantitative estimate of drug-likeness (QED) is 0.183. The van der Waals surface area contributed by atoms with Gasteiger partial charge >= 0.3 is 18.3 Å². The maximum Gasteiger partial charge on any atom is 0.471 e. The van der Waals surface area contributed by atoms with E-state index >= 15 is 0 Å². The summed E-state index contributed by atoms with van der Waals surface area (Å²) in [6, 6.07) is 13.1. The molecule has 3 aromatic carbocycles. The lowest BCUT2D eigenvalue weighted by atomic mass is 9.91. The van der Waals surface area contributed by atoms with Gasteiger partial charge in [-0.15, -0.1) is 0 Å². The Morgan fingerprint density at radius 2 is 1.50 bits per heavy atom. The molecule has 0 saturated heterocycles. The van der Waals surface area contributed by atoms with Crippen molar-refractivity contribution in [2.24, 2.45) is 0 Å². The van der Waals surface area contributed by atoms with Crippen molar-refractivity contribution in [2.45, 2.75) is 37.4 Å².